The number of amides is 2. The summed E-state index contributed by atoms with van der Waals surface area (Å²) in [7, 11) is 4.85. The number of esters is 2. The van der Waals surface area contributed by atoms with E-state index in [-0.39, 0.29) is 60.5 Å². The molecule has 3 unspecified atom stereocenters. The van der Waals surface area contributed by atoms with Crippen molar-refractivity contribution in [1.82, 2.24) is 4.90 Å². The predicted molar refractivity (Wildman–Crippen MR) is 179 cm³/mol. The maximum absolute atomic E-state index is 14.1. The van der Waals surface area contributed by atoms with Gasteiger partial charge < -0.3 is 33.9 Å². The minimum Gasteiger partial charge on any atom is -0.462 e. The van der Waals surface area contributed by atoms with Crippen molar-refractivity contribution in [2.75, 3.05) is 45.9 Å². The molecule has 278 valence electrons. The molecule has 2 heterocycles. The molecule has 5 saturated carbocycles. The second-order valence-corrected chi connectivity index (χ2v) is 16.3. The summed E-state index contributed by atoms with van der Waals surface area (Å²) >= 11 is 0. The Morgan fingerprint density at radius 2 is 1.80 bits per heavy atom. The van der Waals surface area contributed by atoms with Crippen molar-refractivity contribution in [1.29, 1.82) is 0 Å². The number of imide groups is 1. The molecule has 14 atom stereocenters. The number of hydrogen-bond donors (Lipinski definition) is 2. The number of nitrogens with zero attached hydrogens (tertiary/aromatic N) is 2. The number of hydrogen-bond acceptors (Lipinski definition) is 12. The number of anilines is 1. The molecule has 5 aliphatic carbocycles. The van der Waals surface area contributed by atoms with E-state index in [0.29, 0.717) is 32.4 Å². The van der Waals surface area contributed by atoms with Crippen molar-refractivity contribution in [3.05, 3.63) is 29.8 Å². The molecule has 2 N–H and O–H groups in total. The molecule has 7 aliphatic rings. The standard InChI is InChI=1S/C38H50N2O11/c1-7-39-17-35(18-50-33(44)21-10-8-9-11-24(21)40-27(42)14-19(2)32(40)43)13-12-26(48-5)37-23-15-22-25(47-4)16-36(45,28(23)29(22)51-20(3)41)38(46,34(37)39)31(49-6)30(35)37/h8-11,19,22-23,25-26,28-31,34,45-46H,7,12-18H2,1-6H3/t19?,22-,23-,25+,26?,28-,29+,30+,31+,34+,35+,36-,37?,38+/m1/s1. The molecule has 51 heavy (non-hydrogen) atoms. The van der Waals surface area contributed by atoms with E-state index in [2.05, 4.69) is 4.90 Å². The third kappa shape index (κ3) is 4.19. The molecule has 7 fully saturated rings. The third-order valence-corrected chi connectivity index (χ3v) is 14.6. The van der Waals surface area contributed by atoms with Crippen LogP contribution in [0, 0.1) is 40.4 Å². The van der Waals surface area contributed by atoms with Crippen LogP contribution < -0.4 is 4.90 Å². The van der Waals surface area contributed by atoms with Crippen molar-refractivity contribution in [2.24, 2.45) is 40.4 Å². The minimum atomic E-state index is -1.82. The van der Waals surface area contributed by atoms with E-state index < -0.39 is 76.1 Å². The van der Waals surface area contributed by atoms with E-state index in [1.54, 1.807) is 52.5 Å². The maximum Gasteiger partial charge on any atom is 0.340 e. The molecule has 2 saturated heterocycles. The topological polar surface area (TPSA) is 161 Å². The number of para-hydroxylation sites is 1. The maximum atomic E-state index is 14.1. The van der Waals surface area contributed by atoms with Crippen LogP contribution in [0.5, 0.6) is 0 Å². The van der Waals surface area contributed by atoms with Gasteiger partial charge in [0.15, 0.2) is 0 Å². The number of carbonyl (C=O) groups excluding carboxylic acids is 4. The van der Waals surface area contributed by atoms with Gasteiger partial charge in [-0.1, -0.05) is 26.0 Å². The monoisotopic (exact) mass is 710 g/mol. The highest BCUT2D eigenvalue weighted by Crippen LogP contribution is 2.80. The average Bonchev–Trinajstić information content (AvgIpc) is 3.61. The highest BCUT2D eigenvalue weighted by atomic mass is 16.6. The fraction of sp³-hybridized carbons (Fsp3) is 0.737. The van der Waals surface area contributed by atoms with E-state index in [1.165, 1.54) is 6.92 Å². The number of benzene rings is 1. The molecule has 7 bridgehead atoms. The van der Waals surface area contributed by atoms with E-state index in [0.717, 1.165) is 4.90 Å². The highest BCUT2D eigenvalue weighted by molar-refractivity contribution is 6.22. The second-order valence-electron chi connectivity index (χ2n) is 16.3. The molecule has 2 aliphatic heterocycles. The van der Waals surface area contributed by atoms with Gasteiger partial charge in [0.05, 0.1) is 42.2 Å². The van der Waals surface area contributed by atoms with Crippen LogP contribution in [-0.2, 0) is 38.1 Å². The lowest BCUT2D eigenvalue weighted by molar-refractivity contribution is -0.319. The van der Waals surface area contributed by atoms with Gasteiger partial charge in [-0.25, -0.2) is 9.69 Å². The molecule has 13 heteroatoms. The summed E-state index contributed by atoms with van der Waals surface area (Å²) in [5.74, 6) is -3.74. The van der Waals surface area contributed by atoms with E-state index in [1.807, 2.05) is 6.92 Å². The Hall–Kier alpha value is -2.94. The number of ether oxygens (including phenoxy) is 5. The first-order chi connectivity index (χ1) is 24.3. The number of rotatable bonds is 9. The summed E-state index contributed by atoms with van der Waals surface area (Å²) in [6.07, 6.45) is -0.303. The van der Waals surface area contributed by atoms with Crippen LogP contribution in [0.3, 0.4) is 0 Å². The number of aliphatic hydroxyl groups is 2. The molecule has 1 spiro atoms. The average molecular weight is 711 g/mol. The Kier molecular flexibility index (Phi) is 8.11. The fourth-order valence-electron chi connectivity index (χ4n) is 13.2. The zero-order valence-corrected chi connectivity index (χ0v) is 30.2. The Bertz CT molecular complexity index is 1650. The molecule has 1 aromatic carbocycles. The Labute approximate surface area is 297 Å². The van der Waals surface area contributed by atoms with Crippen molar-refractivity contribution in [3.8, 4) is 0 Å². The largest absolute Gasteiger partial charge is 0.462 e. The summed E-state index contributed by atoms with van der Waals surface area (Å²) in [4.78, 5) is 55.9. The first kappa shape index (κ1) is 35.1. The lowest BCUT2D eigenvalue weighted by Gasteiger charge is -2.70. The van der Waals surface area contributed by atoms with Crippen molar-refractivity contribution >= 4 is 29.4 Å². The number of piperidine rings is 1. The zero-order valence-electron chi connectivity index (χ0n) is 30.2. The van der Waals surface area contributed by atoms with Crippen molar-refractivity contribution < 1.29 is 53.1 Å². The normalized spacial score (nSPS) is 46.4. The van der Waals surface area contributed by atoms with Gasteiger partial charge in [-0.3, -0.25) is 19.3 Å². The highest BCUT2D eigenvalue weighted by Gasteiger charge is 2.92. The first-order valence-corrected chi connectivity index (χ1v) is 18.4. The number of likely N-dealkylation sites (N-methyl/N-ethyl adjacent to an activating group) is 1. The SMILES string of the molecule is CCN1C[C@]2(COC(=O)c3ccccc3N3C(=O)CC(C)C3=O)CCC(OC)C34[C@@H]5C[C@H]6[C@H](OC(C)=O)[C@@H]5[C@](O)(C[C@@H]6OC)[C@](O)([C@@H](OC)[C@H]32)[C@@H]14. The number of fused-ring (bicyclic) bond motifs is 2. The molecule has 1 aromatic rings. The molecule has 13 nitrogen and oxygen atoms in total. The van der Waals surface area contributed by atoms with Crippen LogP contribution in [-0.4, -0.2) is 122 Å². The summed E-state index contributed by atoms with van der Waals surface area (Å²) in [5, 5.41) is 26.7. The first-order valence-electron chi connectivity index (χ1n) is 18.4. The molecule has 0 aromatic heterocycles. The fourth-order valence-corrected chi connectivity index (χ4v) is 13.2. The van der Waals surface area contributed by atoms with E-state index in [9.17, 15) is 29.4 Å². The second kappa shape index (κ2) is 11.8. The summed E-state index contributed by atoms with van der Waals surface area (Å²) in [6, 6.07) is 5.95. The zero-order chi connectivity index (χ0) is 36.4. The number of methoxy groups -OCH3 is 3. The van der Waals surface area contributed by atoms with Crippen LogP contribution in [0.2, 0.25) is 0 Å². The summed E-state index contributed by atoms with van der Waals surface area (Å²) in [5.41, 5.74) is -4.72. The smallest absolute Gasteiger partial charge is 0.340 e. The van der Waals surface area contributed by atoms with Gasteiger partial charge in [0.2, 0.25) is 11.8 Å². The minimum absolute atomic E-state index is 0.0201. The van der Waals surface area contributed by atoms with Gasteiger partial charge in [-0.15, -0.1) is 0 Å². The van der Waals surface area contributed by atoms with Gasteiger partial charge in [0.1, 0.15) is 17.3 Å². The van der Waals surface area contributed by atoms with Crippen molar-refractivity contribution in [3.63, 3.8) is 0 Å². The van der Waals surface area contributed by atoms with Crippen molar-refractivity contribution in [2.45, 2.75) is 94.5 Å². The lowest BCUT2D eigenvalue weighted by atomic mass is 9.42. The van der Waals surface area contributed by atoms with Crippen LogP contribution in [0.15, 0.2) is 24.3 Å². The van der Waals surface area contributed by atoms with Gasteiger partial charge in [-0.05, 0) is 43.9 Å². The van der Waals surface area contributed by atoms with E-state index >= 15 is 0 Å². The molecule has 0 radical (unpaired) electrons. The van der Waals surface area contributed by atoms with Crippen LogP contribution in [0.4, 0.5) is 5.69 Å². The van der Waals surface area contributed by atoms with Gasteiger partial charge in [0.25, 0.3) is 0 Å². The summed E-state index contributed by atoms with van der Waals surface area (Å²) < 4.78 is 31.1. The number of carbonyl (C=O) groups is 4. The van der Waals surface area contributed by atoms with Crippen LogP contribution in [0.1, 0.15) is 63.2 Å². The quantitative estimate of drug-likeness (QED) is 0.284. The van der Waals surface area contributed by atoms with Gasteiger partial charge in [-0.2, -0.15) is 0 Å². The summed E-state index contributed by atoms with van der Waals surface area (Å²) in [6.45, 7) is 6.10. The molecular formula is C38H50N2O11. The van der Waals surface area contributed by atoms with E-state index in [4.69, 9.17) is 23.7 Å². The molecule has 2 amide bonds. The Morgan fingerprint density at radius 3 is 2.43 bits per heavy atom. The number of likely N-dealkylation sites (tertiary alicyclic amines) is 1. The predicted octanol–water partition coefficient (Wildman–Crippen LogP) is 1.95. The van der Waals surface area contributed by atoms with Gasteiger partial charge >= 0.3 is 11.9 Å². The molecule has 8 rings (SSSR count). The van der Waals surface area contributed by atoms with Crippen LogP contribution >= 0.6 is 0 Å². The Morgan fingerprint density at radius 1 is 1.06 bits per heavy atom. The lowest BCUT2D eigenvalue weighted by Crippen LogP contribution is -2.82. The Balaban J connectivity index is 1.24. The van der Waals surface area contributed by atoms with Gasteiger partial charge in [0, 0.05) is 82.1 Å². The van der Waals surface area contributed by atoms with Crippen LogP contribution in [0.25, 0.3) is 0 Å². The molecular weight excluding hydrogens is 660 g/mol. The third-order valence-electron chi connectivity index (χ3n) is 14.6.